The van der Waals surface area contributed by atoms with Gasteiger partial charge in [0.25, 0.3) is 0 Å². The summed E-state index contributed by atoms with van der Waals surface area (Å²) in [7, 11) is 1.65. The van der Waals surface area contributed by atoms with Crippen molar-refractivity contribution in [3.8, 4) is 5.75 Å². The summed E-state index contributed by atoms with van der Waals surface area (Å²) in [5.41, 5.74) is 3.13. The molecule has 0 saturated heterocycles. The number of hydrogen-bond donors (Lipinski definition) is 1. The van der Waals surface area contributed by atoms with Gasteiger partial charge in [-0.2, -0.15) is 0 Å². The van der Waals surface area contributed by atoms with Crippen LogP contribution in [0.3, 0.4) is 0 Å². The molecule has 1 aromatic heterocycles. The van der Waals surface area contributed by atoms with Crippen molar-refractivity contribution < 1.29 is 19.5 Å². The number of benzene rings is 1. The summed E-state index contributed by atoms with van der Waals surface area (Å²) in [6.07, 6.45) is 2.58. The van der Waals surface area contributed by atoms with Gasteiger partial charge in [0.15, 0.2) is 0 Å². The van der Waals surface area contributed by atoms with E-state index >= 15 is 0 Å². The van der Waals surface area contributed by atoms with Crippen molar-refractivity contribution in [2.75, 3.05) is 26.8 Å². The van der Waals surface area contributed by atoms with Crippen LogP contribution in [0, 0.1) is 0 Å². The maximum absolute atomic E-state index is 12.9. The third-order valence-corrected chi connectivity index (χ3v) is 5.21. The van der Waals surface area contributed by atoms with Crippen molar-refractivity contribution >= 4 is 16.9 Å². The number of aliphatic hydroxyl groups is 1. The summed E-state index contributed by atoms with van der Waals surface area (Å²) in [5, 5.41) is 12.2. The van der Waals surface area contributed by atoms with E-state index in [-0.39, 0.29) is 18.5 Å². The zero-order chi connectivity index (χ0) is 18.7. The molecule has 26 heavy (non-hydrogen) atoms. The van der Waals surface area contributed by atoms with Gasteiger partial charge in [-0.15, -0.1) is 5.06 Å². The molecule has 1 aliphatic carbocycles. The predicted molar refractivity (Wildman–Crippen MR) is 100 cm³/mol. The summed E-state index contributed by atoms with van der Waals surface area (Å²) < 4.78 is 7.73. The Morgan fingerprint density at radius 3 is 2.77 bits per heavy atom. The summed E-state index contributed by atoms with van der Waals surface area (Å²) in [5.74, 6) is 0.250. The molecule has 1 atom stereocenters. The van der Waals surface area contributed by atoms with Gasteiger partial charge in [0, 0.05) is 30.7 Å². The molecule has 0 bridgehead atoms. The predicted octanol–water partition coefficient (Wildman–Crippen LogP) is 2.86. The van der Waals surface area contributed by atoms with E-state index in [9.17, 15) is 9.90 Å². The molecule has 0 fully saturated rings. The van der Waals surface area contributed by atoms with Gasteiger partial charge in [0.05, 0.1) is 25.2 Å². The minimum Gasteiger partial charge on any atom is -0.496 e. The molecule has 6 nitrogen and oxygen atoms in total. The largest absolute Gasteiger partial charge is 0.496 e. The van der Waals surface area contributed by atoms with Crippen molar-refractivity contribution in [2.45, 2.75) is 45.6 Å². The second kappa shape index (κ2) is 8.10. The molecule has 1 N–H and O–H groups in total. The number of carbonyl (C=O) groups is 1. The summed E-state index contributed by atoms with van der Waals surface area (Å²) >= 11 is 0. The molecule has 2 aromatic rings. The van der Waals surface area contributed by atoms with E-state index in [1.165, 1.54) is 0 Å². The number of nitrogens with zero attached hydrogens (tertiary/aromatic N) is 2. The van der Waals surface area contributed by atoms with Crippen LogP contribution in [0.1, 0.15) is 43.9 Å². The SMILES string of the molecule is CCN(CC)OC(=O)C1CCCc2c1c1c(OC)cccc1n2CCO. The number of aliphatic hydroxyl groups excluding tert-OH is 1. The first-order chi connectivity index (χ1) is 12.7. The maximum Gasteiger partial charge on any atom is 0.332 e. The first kappa shape index (κ1) is 18.7. The Hall–Kier alpha value is -2.05. The lowest BCUT2D eigenvalue weighted by atomic mass is 9.85. The molecule has 0 aliphatic heterocycles. The lowest BCUT2D eigenvalue weighted by Crippen LogP contribution is -2.31. The monoisotopic (exact) mass is 360 g/mol. The average molecular weight is 360 g/mol. The van der Waals surface area contributed by atoms with Gasteiger partial charge in [-0.3, -0.25) is 0 Å². The Morgan fingerprint density at radius 2 is 2.12 bits per heavy atom. The number of carbonyl (C=O) groups excluding carboxylic acids is 1. The first-order valence-electron chi connectivity index (χ1n) is 9.41. The lowest BCUT2D eigenvalue weighted by Gasteiger charge is -2.26. The zero-order valence-electron chi connectivity index (χ0n) is 15.8. The van der Waals surface area contributed by atoms with Gasteiger partial charge in [0.1, 0.15) is 5.75 Å². The number of rotatable bonds is 7. The Morgan fingerprint density at radius 1 is 1.35 bits per heavy atom. The van der Waals surface area contributed by atoms with E-state index in [1.807, 2.05) is 32.0 Å². The van der Waals surface area contributed by atoms with Gasteiger partial charge in [-0.25, -0.2) is 4.79 Å². The fourth-order valence-corrected chi connectivity index (χ4v) is 4.02. The smallest absolute Gasteiger partial charge is 0.332 e. The highest BCUT2D eigenvalue weighted by molar-refractivity contribution is 5.96. The van der Waals surface area contributed by atoms with Gasteiger partial charge >= 0.3 is 5.97 Å². The van der Waals surface area contributed by atoms with Crippen molar-refractivity contribution in [1.82, 2.24) is 9.63 Å². The summed E-state index contributed by atoms with van der Waals surface area (Å²) in [6.45, 7) is 5.84. The van der Waals surface area contributed by atoms with E-state index in [4.69, 9.17) is 9.57 Å². The Kier molecular flexibility index (Phi) is 5.84. The quantitative estimate of drug-likeness (QED) is 0.769. The van der Waals surface area contributed by atoms with Crippen molar-refractivity contribution in [2.24, 2.45) is 0 Å². The highest BCUT2D eigenvalue weighted by Gasteiger charge is 2.35. The van der Waals surface area contributed by atoms with Crippen LogP contribution in [-0.2, 0) is 22.6 Å². The molecule has 6 heteroatoms. The van der Waals surface area contributed by atoms with E-state index in [2.05, 4.69) is 4.57 Å². The molecular formula is C20H28N2O4. The molecule has 1 aliphatic rings. The fourth-order valence-electron chi connectivity index (χ4n) is 4.02. The molecule has 0 radical (unpaired) electrons. The second-order valence-corrected chi connectivity index (χ2v) is 6.56. The number of hydroxylamine groups is 2. The Bertz CT molecular complexity index is 780. The van der Waals surface area contributed by atoms with Crippen molar-refractivity contribution in [1.29, 1.82) is 0 Å². The lowest BCUT2D eigenvalue weighted by molar-refractivity contribution is -0.191. The van der Waals surface area contributed by atoms with Crippen LogP contribution in [-0.4, -0.2) is 47.5 Å². The highest BCUT2D eigenvalue weighted by Crippen LogP contribution is 2.43. The first-order valence-corrected chi connectivity index (χ1v) is 9.41. The summed E-state index contributed by atoms with van der Waals surface area (Å²) in [6, 6.07) is 5.90. The Labute approximate surface area is 154 Å². The maximum atomic E-state index is 12.9. The minimum absolute atomic E-state index is 0.0575. The molecule has 142 valence electrons. The van der Waals surface area contributed by atoms with E-state index in [0.717, 1.165) is 47.2 Å². The standard InChI is InChI=1S/C20H28N2O4/c1-4-21(5-2)26-20(24)14-8-6-9-15-18(14)19-16(22(15)12-13-23)10-7-11-17(19)25-3/h7,10-11,14,23H,4-6,8-9,12-13H2,1-3H3. The number of aromatic nitrogens is 1. The van der Waals surface area contributed by atoms with Crippen molar-refractivity contribution in [3.05, 3.63) is 29.5 Å². The van der Waals surface area contributed by atoms with Crippen LogP contribution in [0.15, 0.2) is 18.2 Å². The minimum atomic E-state index is -0.307. The normalized spacial score (nSPS) is 16.7. The third kappa shape index (κ3) is 3.19. The zero-order valence-corrected chi connectivity index (χ0v) is 15.8. The molecular weight excluding hydrogens is 332 g/mol. The molecule has 3 rings (SSSR count). The van der Waals surface area contributed by atoms with Crippen molar-refractivity contribution in [3.63, 3.8) is 0 Å². The molecule has 1 unspecified atom stereocenters. The molecule has 1 aromatic carbocycles. The van der Waals surface area contributed by atoms with Crippen LogP contribution >= 0.6 is 0 Å². The highest BCUT2D eigenvalue weighted by atomic mass is 16.7. The molecule has 1 heterocycles. The van der Waals surface area contributed by atoms with Crippen LogP contribution < -0.4 is 4.74 Å². The third-order valence-electron chi connectivity index (χ3n) is 5.21. The average Bonchev–Trinajstić information content (AvgIpc) is 3.00. The van der Waals surface area contributed by atoms with Gasteiger partial charge in [-0.05, 0) is 50.8 Å². The van der Waals surface area contributed by atoms with E-state index in [1.54, 1.807) is 12.2 Å². The van der Waals surface area contributed by atoms with Crippen LogP contribution in [0.25, 0.3) is 10.9 Å². The number of fused-ring (bicyclic) bond motifs is 3. The van der Waals surface area contributed by atoms with E-state index < -0.39 is 0 Å². The topological polar surface area (TPSA) is 63.9 Å². The molecule has 0 amide bonds. The van der Waals surface area contributed by atoms with Gasteiger partial charge in [-0.1, -0.05) is 6.07 Å². The number of hydrogen-bond acceptors (Lipinski definition) is 5. The number of methoxy groups -OCH3 is 1. The van der Waals surface area contributed by atoms with Crippen LogP contribution in [0.2, 0.25) is 0 Å². The second-order valence-electron chi connectivity index (χ2n) is 6.56. The Balaban J connectivity index is 2.13. The fraction of sp³-hybridized carbons (Fsp3) is 0.550. The van der Waals surface area contributed by atoms with Gasteiger partial charge < -0.3 is 19.2 Å². The van der Waals surface area contributed by atoms with Crippen LogP contribution in [0.4, 0.5) is 0 Å². The van der Waals surface area contributed by atoms with Gasteiger partial charge in [0.2, 0.25) is 0 Å². The summed E-state index contributed by atoms with van der Waals surface area (Å²) in [4.78, 5) is 18.6. The van der Waals surface area contributed by atoms with Crippen LogP contribution in [0.5, 0.6) is 5.75 Å². The number of ether oxygens (including phenoxy) is 1. The van der Waals surface area contributed by atoms with E-state index in [0.29, 0.717) is 19.6 Å². The molecule has 0 spiro atoms. The molecule has 0 saturated carbocycles.